The maximum absolute atomic E-state index is 2.28. The first kappa shape index (κ1) is 24.2. The monoisotopic (exact) mass is 499 g/mol. The van der Waals surface area contributed by atoms with Crippen LogP contribution in [0.15, 0.2) is 164 Å². The molecule has 0 saturated carbocycles. The zero-order chi connectivity index (χ0) is 26.3. The SMILES string of the molecule is C(=C\c1ccc(N(c2ccccc2)c2ccccc2)cc1)/c1ccc(-c2ccccc2-c2ccccc2)cc1. The first-order valence-electron chi connectivity index (χ1n) is 13.3. The van der Waals surface area contributed by atoms with Gasteiger partial charge in [0.2, 0.25) is 0 Å². The van der Waals surface area contributed by atoms with Crippen molar-refractivity contribution in [1.82, 2.24) is 0 Å². The van der Waals surface area contributed by atoms with Crippen LogP contribution in [0, 0.1) is 0 Å². The minimum absolute atomic E-state index is 1.13. The Labute approximate surface area is 231 Å². The standard InChI is InChI=1S/C38H29N/c1-4-12-32(13-5-1)37-18-10-11-19-38(37)33-26-22-30(23-27-33)20-21-31-24-28-36(29-25-31)39(34-14-6-2-7-15-34)35-16-8-3-9-17-35/h1-29H/b21-20+. The van der Waals surface area contributed by atoms with Gasteiger partial charge in [0.15, 0.2) is 0 Å². The van der Waals surface area contributed by atoms with Crippen LogP contribution in [0.2, 0.25) is 0 Å². The molecule has 0 aromatic heterocycles. The van der Waals surface area contributed by atoms with Crippen molar-refractivity contribution >= 4 is 29.2 Å². The molecule has 0 aliphatic carbocycles. The fraction of sp³-hybridized carbons (Fsp3) is 0. The lowest BCUT2D eigenvalue weighted by Crippen LogP contribution is -2.09. The smallest absolute Gasteiger partial charge is 0.0462 e. The van der Waals surface area contributed by atoms with Crippen LogP contribution in [-0.4, -0.2) is 0 Å². The number of nitrogens with zero attached hydrogens (tertiary/aromatic N) is 1. The first-order valence-corrected chi connectivity index (χ1v) is 13.3. The van der Waals surface area contributed by atoms with Crippen molar-refractivity contribution in [2.75, 3.05) is 4.90 Å². The molecule has 0 radical (unpaired) electrons. The van der Waals surface area contributed by atoms with Gasteiger partial charge in [-0.15, -0.1) is 0 Å². The van der Waals surface area contributed by atoms with E-state index in [1.807, 2.05) is 0 Å². The number of para-hydroxylation sites is 2. The summed E-state index contributed by atoms with van der Waals surface area (Å²) < 4.78 is 0. The van der Waals surface area contributed by atoms with E-state index < -0.39 is 0 Å². The highest BCUT2D eigenvalue weighted by Crippen LogP contribution is 2.35. The molecule has 0 N–H and O–H groups in total. The van der Waals surface area contributed by atoms with Crippen LogP contribution in [0.4, 0.5) is 17.1 Å². The Balaban J connectivity index is 1.22. The highest BCUT2D eigenvalue weighted by atomic mass is 15.1. The summed E-state index contributed by atoms with van der Waals surface area (Å²) in [7, 11) is 0. The Morgan fingerprint density at radius 1 is 0.308 bits per heavy atom. The molecule has 39 heavy (non-hydrogen) atoms. The van der Waals surface area contributed by atoms with E-state index in [0.29, 0.717) is 0 Å². The van der Waals surface area contributed by atoms with Crippen LogP contribution in [0.5, 0.6) is 0 Å². The number of hydrogen-bond donors (Lipinski definition) is 0. The van der Waals surface area contributed by atoms with Gasteiger partial charge in [0.25, 0.3) is 0 Å². The lowest BCUT2D eigenvalue weighted by atomic mass is 9.94. The molecule has 0 amide bonds. The van der Waals surface area contributed by atoms with Gasteiger partial charge in [-0.1, -0.05) is 140 Å². The maximum Gasteiger partial charge on any atom is 0.0462 e. The molecule has 0 fully saturated rings. The molecular formula is C38H29N. The molecule has 1 heteroatoms. The molecule has 0 unspecified atom stereocenters. The summed E-state index contributed by atoms with van der Waals surface area (Å²) in [6.45, 7) is 0. The summed E-state index contributed by atoms with van der Waals surface area (Å²) in [6, 6.07) is 57.7. The summed E-state index contributed by atoms with van der Waals surface area (Å²) in [5.41, 5.74) is 10.7. The van der Waals surface area contributed by atoms with Crippen molar-refractivity contribution in [3.05, 3.63) is 175 Å². The average Bonchev–Trinajstić information content (AvgIpc) is 3.03. The second kappa shape index (κ2) is 11.5. The number of hydrogen-bond acceptors (Lipinski definition) is 1. The van der Waals surface area contributed by atoms with Crippen molar-refractivity contribution in [1.29, 1.82) is 0 Å². The highest BCUT2D eigenvalue weighted by Gasteiger charge is 2.11. The lowest BCUT2D eigenvalue weighted by molar-refractivity contribution is 1.28. The zero-order valence-electron chi connectivity index (χ0n) is 21.7. The topological polar surface area (TPSA) is 3.24 Å². The van der Waals surface area contributed by atoms with Gasteiger partial charge in [-0.25, -0.2) is 0 Å². The summed E-state index contributed by atoms with van der Waals surface area (Å²) >= 11 is 0. The Bertz CT molecular complexity index is 1610. The molecular weight excluding hydrogens is 470 g/mol. The third-order valence-corrected chi connectivity index (χ3v) is 6.88. The van der Waals surface area contributed by atoms with Crippen LogP contribution < -0.4 is 4.90 Å². The lowest BCUT2D eigenvalue weighted by Gasteiger charge is -2.25. The van der Waals surface area contributed by atoms with E-state index in [4.69, 9.17) is 0 Å². The van der Waals surface area contributed by atoms with Gasteiger partial charge in [-0.3, -0.25) is 0 Å². The second-order valence-corrected chi connectivity index (χ2v) is 9.46. The van der Waals surface area contributed by atoms with Crippen LogP contribution in [0.3, 0.4) is 0 Å². The van der Waals surface area contributed by atoms with E-state index in [2.05, 4.69) is 181 Å². The van der Waals surface area contributed by atoms with Crippen molar-refractivity contribution in [2.45, 2.75) is 0 Å². The van der Waals surface area contributed by atoms with Gasteiger partial charge in [-0.2, -0.15) is 0 Å². The fourth-order valence-electron chi connectivity index (χ4n) is 4.91. The molecule has 0 aliphatic heterocycles. The van der Waals surface area contributed by atoms with Crippen LogP contribution in [0.25, 0.3) is 34.4 Å². The predicted molar refractivity (Wildman–Crippen MR) is 167 cm³/mol. The summed E-state index contributed by atoms with van der Waals surface area (Å²) in [5, 5.41) is 0. The van der Waals surface area contributed by atoms with E-state index in [1.165, 1.54) is 33.4 Å². The van der Waals surface area contributed by atoms with Crippen molar-refractivity contribution in [2.24, 2.45) is 0 Å². The molecule has 1 nitrogen and oxygen atoms in total. The van der Waals surface area contributed by atoms with Crippen LogP contribution in [0.1, 0.15) is 11.1 Å². The average molecular weight is 500 g/mol. The van der Waals surface area contributed by atoms with E-state index in [-0.39, 0.29) is 0 Å². The predicted octanol–water partition coefficient (Wildman–Crippen LogP) is 10.7. The minimum Gasteiger partial charge on any atom is -0.311 e. The van der Waals surface area contributed by atoms with E-state index in [0.717, 1.165) is 17.1 Å². The largest absolute Gasteiger partial charge is 0.311 e. The highest BCUT2D eigenvalue weighted by molar-refractivity contribution is 5.84. The van der Waals surface area contributed by atoms with Crippen LogP contribution >= 0.6 is 0 Å². The molecule has 0 spiro atoms. The summed E-state index contributed by atoms with van der Waals surface area (Å²) in [5.74, 6) is 0. The molecule has 0 heterocycles. The minimum atomic E-state index is 1.13. The molecule has 6 rings (SSSR count). The Morgan fingerprint density at radius 2 is 0.667 bits per heavy atom. The van der Waals surface area contributed by atoms with E-state index in [1.54, 1.807) is 0 Å². The number of rotatable bonds is 7. The quantitative estimate of drug-likeness (QED) is 0.197. The molecule has 0 saturated heterocycles. The molecule has 0 aliphatic rings. The second-order valence-electron chi connectivity index (χ2n) is 9.46. The van der Waals surface area contributed by atoms with Gasteiger partial charge in [0.05, 0.1) is 0 Å². The van der Waals surface area contributed by atoms with Crippen molar-refractivity contribution in [3.63, 3.8) is 0 Å². The van der Waals surface area contributed by atoms with Crippen LogP contribution in [-0.2, 0) is 0 Å². The van der Waals surface area contributed by atoms with Crippen molar-refractivity contribution < 1.29 is 0 Å². The zero-order valence-corrected chi connectivity index (χ0v) is 21.7. The van der Waals surface area contributed by atoms with Gasteiger partial charge in [-0.05, 0) is 69.8 Å². The molecule has 0 atom stereocenters. The Hall–Kier alpha value is -5.14. The van der Waals surface area contributed by atoms with E-state index >= 15 is 0 Å². The maximum atomic E-state index is 2.28. The molecule has 186 valence electrons. The normalized spacial score (nSPS) is 11.0. The molecule has 0 bridgehead atoms. The number of benzene rings is 6. The summed E-state index contributed by atoms with van der Waals surface area (Å²) in [4.78, 5) is 2.28. The molecule has 6 aromatic rings. The van der Waals surface area contributed by atoms with Crippen molar-refractivity contribution in [3.8, 4) is 22.3 Å². The third-order valence-electron chi connectivity index (χ3n) is 6.88. The molecule has 6 aromatic carbocycles. The van der Waals surface area contributed by atoms with Gasteiger partial charge in [0, 0.05) is 17.1 Å². The van der Waals surface area contributed by atoms with Gasteiger partial charge >= 0.3 is 0 Å². The first-order chi connectivity index (χ1) is 19.3. The van der Waals surface area contributed by atoms with E-state index in [9.17, 15) is 0 Å². The van der Waals surface area contributed by atoms with Gasteiger partial charge in [0.1, 0.15) is 0 Å². The Kier molecular flexibility index (Phi) is 7.14. The number of anilines is 3. The summed E-state index contributed by atoms with van der Waals surface area (Å²) in [6.07, 6.45) is 4.35. The third kappa shape index (κ3) is 5.58. The fourth-order valence-corrected chi connectivity index (χ4v) is 4.91. The Morgan fingerprint density at radius 3 is 1.15 bits per heavy atom. The van der Waals surface area contributed by atoms with Gasteiger partial charge < -0.3 is 4.90 Å².